The van der Waals surface area contributed by atoms with Crippen molar-refractivity contribution < 1.29 is 30.3 Å². The first kappa shape index (κ1) is 12.8. The number of rotatable bonds is 6. The fourth-order valence-electron chi connectivity index (χ4n) is 0.839. The van der Waals surface area contributed by atoms with Gasteiger partial charge in [-0.3, -0.25) is 0 Å². The molecule has 0 radical (unpaired) electrons. The third-order valence-corrected chi connectivity index (χ3v) is 1.70. The topological polar surface area (TPSA) is 110 Å². The molecular weight excluding hydrogens is 180 g/mol. The molecule has 6 nitrogen and oxygen atoms in total. The number of methoxy groups -OCH3 is 1. The van der Waals surface area contributed by atoms with E-state index < -0.39 is 24.6 Å². The Labute approximate surface area is 76.0 Å². The highest BCUT2D eigenvalue weighted by Gasteiger charge is 2.29. The first-order valence-corrected chi connectivity index (χ1v) is 3.90. The van der Waals surface area contributed by atoms with Crippen LogP contribution in [0.1, 0.15) is 6.42 Å². The van der Waals surface area contributed by atoms with Crippen LogP contribution >= 0.6 is 0 Å². The third-order valence-electron chi connectivity index (χ3n) is 1.70. The molecule has 0 rings (SSSR count). The van der Waals surface area contributed by atoms with Gasteiger partial charge in [-0.05, 0) is 6.42 Å². The minimum atomic E-state index is -1.59. The molecule has 80 valence electrons. The van der Waals surface area contributed by atoms with E-state index in [1.165, 1.54) is 0 Å². The van der Waals surface area contributed by atoms with E-state index in [9.17, 15) is 0 Å². The summed E-state index contributed by atoms with van der Waals surface area (Å²) in [6, 6.07) is 0. The Morgan fingerprint density at radius 1 is 1.08 bits per heavy atom. The van der Waals surface area contributed by atoms with Gasteiger partial charge in [0.1, 0.15) is 12.2 Å². The Morgan fingerprint density at radius 3 is 2.00 bits per heavy atom. The SMILES string of the molecule is CO[C@H](O)[C@H](O)C(O)[C@H](O)CCO. The predicted octanol–water partition coefficient (Wildman–Crippen LogP) is -2.58. The molecule has 0 saturated carbocycles. The largest absolute Gasteiger partial charge is 0.396 e. The highest BCUT2D eigenvalue weighted by atomic mass is 16.6. The maximum atomic E-state index is 9.17. The molecule has 1 unspecified atom stereocenters. The average molecular weight is 196 g/mol. The van der Waals surface area contributed by atoms with E-state index in [1.807, 2.05) is 0 Å². The van der Waals surface area contributed by atoms with Gasteiger partial charge in [0.2, 0.25) is 0 Å². The van der Waals surface area contributed by atoms with Crippen molar-refractivity contribution in [2.24, 2.45) is 0 Å². The Bertz CT molecular complexity index is 130. The van der Waals surface area contributed by atoms with Crippen molar-refractivity contribution >= 4 is 0 Å². The molecule has 13 heavy (non-hydrogen) atoms. The fraction of sp³-hybridized carbons (Fsp3) is 1.00. The summed E-state index contributed by atoms with van der Waals surface area (Å²) < 4.78 is 4.33. The first-order chi connectivity index (χ1) is 6.04. The van der Waals surface area contributed by atoms with Gasteiger partial charge in [0.25, 0.3) is 0 Å². The molecule has 6 heteroatoms. The standard InChI is InChI=1S/C7H16O6/c1-13-7(12)6(11)5(10)4(9)2-3-8/h4-12H,2-3H2,1H3/t4-,5?,6-,7+/m1/s1. The van der Waals surface area contributed by atoms with Gasteiger partial charge in [-0.25, -0.2) is 0 Å². The van der Waals surface area contributed by atoms with E-state index in [-0.39, 0.29) is 13.0 Å². The Morgan fingerprint density at radius 2 is 1.62 bits per heavy atom. The normalized spacial score (nSPS) is 20.8. The van der Waals surface area contributed by atoms with Crippen molar-refractivity contribution in [3.63, 3.8) is 0 Å². The second-order valence-corrected chi connectivity index (χ2v) is 2.69. The van der Waals surface area contributed by atoms with Gasteiger partial charge in [0.05, 0.1) is 6.10 Å². The van der Waals surface area contributed by atoms with E-state index in [0.29, 0.717) is 0 Å². The van der Waals surface area contributed by atoms with Crippen molar-refractivity contribution in [2.45, 2.75) is 31.0 Å². The minimum absolute atomic E-state index is 0.0747. The van der Waals surface area contributed by atoms with Crippen LogP contribution in [0.2, 0.25) is 0 Å². The molecule has 0 aliphatic rings. The summed E-state index contributed by atoms with van der Waals surface area (Å²) in [5, 5.41) is 44.7. The van der Waals surface area contributed by atoms with Crippen LogP contribution in [-0.2, 0) is 4.74 Å². The molecule has 0 aromatic rings. The molecule has 0 saturated heterocycles. The van der Waals surface area contributed by atoms with Crippen molar-refractivity contribution in [1.29, 1.82) is 0 Å². The van der Waals surface area contributed by atoms with Crippen molar-refractivity contribution in [1.82, 2.24) is 0 Å². The summed E-state index contributed by atoms with van der Waals surface area (Å²) in [5.74, 6) is 0. The lowest BCUT2D eigenvalue weighted by atomic mass is 10.1. The Balaban J connectivity index is 3.99. The summed E-state index contributed by atoms with van der Waals surface area (Å²) in [7, 11) is 1.15. The second-order valence-electron chi connectivity index (χ2n) is 2.69. The van der Waals surface area contributed by atoms with Crippen LogP contribution in [0.15, 0.2) is 0 Å². The average Bonchev–Trinajstić information content (AvgIpc) is 2.14. The third kappa shape index (κ3) is 3.99. The van der Waals surface area contributed by atoms with Crippen LogP contribution in [0.4, 0.5) is 0 Å². The maximum Gasteiger partial charge on any atom is 0.183 e. The van der Waals surface area contributed by atoms with Gasteiger partial charge in [-0.2, -0.15) is 0 Å². The van der Waals surface area contributed by atoms with Crippen molar-refractivity contribution in [2.75, 3.05) is 13.7 Å². The van der Waals surface area contributed by atoms with E-state index in [1.54, 1.807) is 0 Å². The van der Waals surface area contributed by atoms with Gasteiger partial charge in [-0.1, -0.05) is 0 Å². The monoisotopic (exact) mass is 196 g/mol. The molecule has 0 aliphatic carbocycles. The molecule has 0 fully saturated rings. The molecule has 4 atom stereocenters. The molecule has 0 aromatic carbocycles. The smallest absolute Gasteiger partial charge is 0.183 e. The summed E-state index contributed by atoms with van der Waals surface area (Å²) in [6.45, 7) is -0.311. The summed E-state index contributed by atoms with van der Waals surface area (Å²) in [5.41, 5.74) is 0. The molecule has 0 amide bonds. The molecule has 0 aromatic heterocycles. The zero-order valence-corrected chi connectivity index (χ0v) is 7.37. The lowest BCUT2D eigenvalue weighted by Gasteiger charge is -2.25. The van der Waals surface area contributed by atoms with E-state index >= 15 is 0 Å². The molecule has 5 N–H and O–H groups in total. The number of ether oxygens (including phenoxy) is 1. The van der Waals surface area contributed by atoms with Crippen LogP contribution < -0.4 is 0 Å². The molecular formula is C7H16O6. The van der Waals surface area contributed by atoms with Gasteiger partial charge in [0, 0.05) is 13.7 Å². The molecule has 0 aliphatic heterocycles. The number of hydrogen-bond acceptors (Lipinski definition) is 6. The highest BCUT2D eigenvalue weighted by molar-refractivity contribution is 4.76. The zero-order valence-electron chi connectivity index (χ0n) is 7.37. The highest BCUT2D eigenvalue weighted by Crippen LogP contribution is 2.07. The quantitative estimate of drug-likeness (QED) is 0.298. The van der Waals surface area contributed by atoms with Gasteiger partial charge in [-0.15, -0.1) is 0 Å². The summed E-state index contributed by atoms with van der Waals surface area (Å²) >= 11 is 0. The van der Waals surface area contributed by atoms with Crippen LogP contribution in [0.25, 0.3) is 0 Å². The predicted molar refractivity (Wildman–Crippen MR) is 42.7 cm³/mol. The maximum absolute atomic E-state index is 9.17. The van der Waals surface area contributed by atoms with E-state index in [0.717, 1.165) is 7.11 Å². The number of hydrogen-bond donors (Lipinski definition) is 5. The number of aliphatic hydroxyl groups is 5. The van der Waals surface area contributed by atoms with Crippen LogP contribution in [-0.4, -0.2) is 63.9 Å². The number of aliphatic hydroxyl groups excluding tert-OH is 5. The minimum Gasteiger partial charge on any atom is -0.396 e. The Hall–Kier alpha value is -0.240. The lowest BCUT2D eigenvalue weighted by Crippen LogP contribution is -2.45. The van der Waals surface area contributed by atoms with Crippen LogP contribution in [0.3, 0.4) is 0 Å². The molecule has 0 bridgehead atoms. The summed E-state index contributed by atoms with van der Waals surface area (Å²) in [6.07, 6.45) is -6.05. The van der Waals surface area contributed by atoms with Gasteiger partial charge < -0.3 is 30.3 Å². The Kier molecular flexibility index (Phi) is 6.13. The molecule has 0 heterocycles. The van der Waals surface area contributed by atoms with Crippen LogP contribution in [0, 0.1) is 0 Å². The van der Waals surface area contributed by atoms with Crippen molar-refractivity contribution in [3.8, 4) is 0 Å². The lowest BCUT2D eigenvalue weighted by molar-refractivity contribution is -0.191. The molecule has 0 spiro atoms. The van der Waals surface area contributed by atoms with E-state index in [4.69, 9.17) is 25.5 Å². The fourth-order valence-corrected chi connectivity index (χ4v) is 0.839. The first-order valence-electron chi connectivity index (χ1n) is 3.90. The van der Waals surface area contributed by atoms with Crippen molar-refractivity contribution in [3.05, 3.63) is 0 Å². The van der Waals surface area contributed by atoms with E-state index in [2.05, 4.69) is 4.74 Å². The van der Waals surface area contributed by atoms with Crippen LogP contribution in [0.5, 0.6) is 0 Å². The van der Waals surface area contributed by atoms with Gasteiger partial charge in [0.15, 0.2) is 6.29 Å². The summed E-state index contributed by atoms with van der Waals surface area (Å²) in [4.78, 5) is 0. The van der Waals surface area contributed by atoms with Gasteiger partial charge >= 0.3 is 0 Å². The second kappa shape index (κ2) is 6.25. The zero-order chi connectivity index (χ0) is 10.4.